The van der Waals surface area contributed by atoms with Crippen molar-refractivity contribution in [3.63, 3.8) is 0 Å². The number of nitrogens with one attached hydrogen (secondary N) is 2. The summed E-state index contributed by atoms with van der Waals surface area (Å²) in [5, 5.41) is 0. The van der Waals surface area contributed by atoms with Crippen molar-refractivity contribution in [3.05, 3.63) is 41.7 Å². The van der Waals surface area contributed by atoms with E-state index in [0.717, 1.165) is 5.56 Å². The van der Waals surface area contributed by atoms with Crippen LogP contribution in [-0.4, -0.2) is 36.6 Å². The van der Waals surface area contributed by atoms with Crippen molar-refractivity contribution in [1.29, 1.82) is 0 Å². The van der Waals surface area contributed by atoms with Crippen LogP contribution in [0.2, 0.25) is 0 Å². The van der Waals surface area contributed by atoms with Gasteiger partial charge in [-0.15, -0.1) is 16.6 Å². The van der Waals surface area contributed by atoms with Gasteiger partial charge in [0.05, 0.1) is 16.5 Å². The van der Waals surface area contributed by atoms with E-state index in [2.05, 4.69) is 10.3 Å². The van der Waals surface area contributed by atoms with Crippen LogP contribution in [0.25, 0.3) is 0 Å². The van der Waals surface area contributed by atoms with E-state index in [0.29, 0.717) is 17.3 Å². The Kier molecular flexibility index (Phi) is 6.02. The van der Waals surface area contributed by atoms with Gasteiger partial charge in [0.15, 0.2) is 0 Å². The molecule has 9 heteroatoms. The highest BCUT2D eigenvalue weighted by molar-refractivity contribution is 7.99. The molecule has 0 aromatic heterocycles. The lowest BCUT2D eigenvalue weighted by Gasteiger charge is -2.24. The normalized spacial score (nSPS) is 17.0. The minimum Gasteiger partial charge on any atom is -0.443 e. The number of sulfonamides is 1. The van der Waals surface area contributed by atoms with Crippen molar-refractivity contribution in [2.24, 2.45) is 0 Å². The highest BCUT2D eigenvalue weighted by Gasteiger charge is 2.28. The number of hydrogen-bond acceptors (Lipinski definition) is 6. The average molecular weight is 386 g/mol. The number of rotatable bonds is 4. The van der Waals surface area contributed by atoms with Crippen LogP contribution in [0.1, 0.15) is 26.3 Å². The fourth-order valence-electron chi connectivity index (χ4n) is 1.98. The average Bonchev–Trinajstić information content (AvgIpc) is 2.94. The molecule has 0 saturated carbocycles. The van der Waals surface area contributed by atoms with Gasteiger partial charge >= 0.3 is 6.09 Å². The topological polar surface area (TPSA) is 87.7 Å². The Balaban J connectivity index is 2.00. The molecule has 138 valence electrons. The number of carbonyl (C=O) groups excluding carboxylic acids is 1. The lowest BCUT2D eigenvalue weighted by molar-refractivity contribution is 0.0351. The molecule has 0 radical (unpaired) electrons. The molecule has 1 fully saturated rings. The van der Waals surface area contributed by atoms with Crippen molar-refractivity contribution in [2.75, 3.05) is 11.6 Å². The maximum atomic E-state index is 12.2. The molecule has 0 aliphatic carbocycles. The van der Waals surface area contributed by atoms with E-state index in [1.165, 1.54) is 23.2 Å². The lowest BCUT2D eigenvalue weighted by atomic mass is 10.2. The van der Waals surface area contributed by atoms with E-state index in [1.54, 1.807) is 44.7 Å². The van der Waals surface area contributed by atoms with E-state index in [-0.39, 0.29) is 4.90 Å². The molecular weight excluding hydrogens is 362 g/mol. The number of nitrogens with zero attached hydrogens (tertiary/aromatic N) is 1. The molecule has 1 saturated heterocycles. The zero-order valence-corrected chi connectivity index (χ0v) is 16.3. The Labute approximate surface area is 152 Å². The summed E-state index contributed by atoms with van der Waals surface area (Å²) >= 11 is 1.54. The van der Waals surface area contributed by atoms with Gasteiger partial charge in [0.25, 0.3) is 10.0 Å². The van der Waals surface area contributed by atoms with Crippen LogP contribution in [0, 0.1) is 6.92 Å². The van der Waals surface area contributed by atoms with E-state index < -0.39 is 21.7 Å². The molecule has 2 N–H and O–H groups in total. The molecule has 2 rings (SSSR count). The summed E-state index contributed by atoms with van der Waals surface area (Å²) in [5.74, 6) is 1.05. The Morgan fingerprint density at radius 3 is 2.52 bits per heavy atom. The minimum absolute atomic E-state index is 0.161. The summed E-state index contributed by atoms with van der Waals surface area (Å²) in [4.78, 5) is 16.1. The van der Waals surface area contributed by atoms with Crippen molar-refractivity contribution < 1.29 is 17.9 Å². The van der Waals surface area contributed by atoms with Crippen LogP contribution in [0.5, 0.6) is 0 Å². The smallest absolute Gasteiger partial charge is 0.415 e. The van der Waals surface area contributed by atoms with E-state index in [9.17, 15) is 13.2 Å². The molecule has 1 aromatic rings. The fraction of sp³-hybridized carbons (Fsp3) is 0.438. The zero-order chi connectivity index (χ0) is 18.7. The van der Waals surface area contributed by atoms with Crippen LogP contribution < -0.4 is 10.3 Å². The van der Waals surface area contributed by atoms with Gasteiger partial charge < -0.3 is 10.2 Å². The van der Waals surface area contributed by atoms with Crippen LogP contribution in [0.3, 0.4) is 0 Å². The van der Waals surface area contributed by atoms with E-state index in [4.69, 9.17) is 4.74 Å². The van der Waals surface area contributed by atoms with Gasteiger partial charge in [0.2, 0.25) is 0 Å². The number of thioether (sulfide) groups is 1. The van der Waals surface area contributed by atoms with E-state index in [1.807, 2.05) is 6.92 Å². The van der Waals surface area contributed by atoms with Crippen LogP contribution in [0.4, 0.5) is 4.79 Å². The maximum absolute atomic E-state index is 12.2. The van der Waals surface area contributed by atoms with Gasteiger partial charge in [-0.1, -0.05) is 17.7 Å². The number of hydrogen-bond donors (Lipinski definition) is 2. The van der Waals surface area contributed by atoms with E-state index >= 15 is 0 Å². The lowest BCUT2D eigenvalue weighted by Crippen LogP contribution is -2.37. The van der Waals surface area contributed by atoms with Crippen molar-refractivity contribution >= 4 is 27.9 Å². The monoisotopic (exact) mass is 385 g/mol. The van der Waals surface area contributed by atoms with Gasteiger partial charge in [-0.05, 0) is 39.8 Å². The predicted molar refractivity (Wildman–Crippen MR) is 98.1 cm³/mol. The SMILES string of the molecule is Cc1ccc(S(=O)(=O)NNC=C2CSCN2C(=O)OC(C)(C)C)cc1. The van der Waals surface area contributed by atoms with Gasteiger partial charge in [-0.2, -0.15) is 0 Å². The predicted octanol–water partition coefficient (Wildman–Crippen LogP) is 2.56. The number of amides is 1. The third-order valence-electron chi connectivity index (χ3n) is 3.19. The highest BCUT2D eigenvalue weighted by Crippen LogP contribution is 2.25. The quantitative estimate of drug-likeness (QED) is 0.775. The Hall–Kier alpha value is -1.71. The first-order valence-corrected chi connectivity index (χ1v) is 10.3. The zero-order valence-electron chi connectivity index (χ0n) is 14.7. The number of benzene rings is 1. The molecule has 1 amide bonds. The third-order valence-corrected chi connectivity index (χ3v) is 5.41. The summed E-state index contributed by atoms with van der Waals surface area (Å²) in [5.41, 5.74) is 3.60. The molecule has 1 aliphatic heterocycles. The number of hydrazine groups is 1. The van der Waals surface area contributed by atoms with Crippen LogP contribution in [-0.2, 0) is 14.8 Å². The Morgan fingerprint density at radius 1 is 1.28 bits per heavy atom. The summed E-state index contributed by atoms with van der Waals surface area (Å²) in [6.07, 6.45) is 1.02. The van der Waals surface area contributed by atoms with Crippen LogP contribution >= 0.6 is 11.8 Å². The number of ether oxygens (including phenoxy) is 1. The van der Waals surface area contributed by atoms with Gasteiger partial charge in [-0.3, -0.25) is 4.90 Å². The molecule has 25 heavy (non-hydrogen) atoms. The van der Waals surface area contributed by atoms with Gasteiger partial charge in [0, 0.05) is 12.0 Å². The summed E-state index contributed by atoms with van der Waals surface area (Å²) in [6, 6.07) is 6.52. The van der Waals surface area contributed by atoms with Crippen LogP contribution in [0.15, 0.2) is 41.1 Å². The van der Waals surface area contributed by atoms with Crippen molar-refractivity contribution in [1.82, 2.24) is 15.2 Å². The molecule has 0 bridgehead atoms. The van der Waals surface area contributed by atoms with Gasteiger partial charge in [0.1, 0.15) is 5.60 Å². The third kappa shape index (κ3) is 5.65. The first kappa shape index (κ1) is 19.6. The summed E-state index contributed by atoms with van der Waals surface area (Å²) in [7, 11) is -3.68. The van der Waals surface area contributed by atoms with Crippen molar-refractivity contribution in [2.45, 2.75) is 38.2 Å². The molecule has 1 aromatic carbocycles. The standard InChI is InChI=1S/C16H23N3O4S2/c1-12-5-7-14(8-6-12)25(21,22)18-17-9-13-10-24-11-19(13)15(20)23-16(2,3)4/h5-9,17-18H,10-11H2,1-4H3. The maximum Gasteiger partial charge on any atom is 0.415 e. The highest BCUT2D eigenvalue weighted by atomic mass is 32.2. The molecule has 0 unspecified atom stereocenters. The molecule has 7 nitrogen and oxygen atoms in total. The second-order valence-corrected chi connectivity index (χ2v) is 9.22. The van der Waals surface area contributed by atoms with Gasteiger partial charge in [-0.25, -0.2) is 13.2 Å². The molecule has 0 spiro atoms. The minimum atomic E-state index is -3.68. The Morgan fingerprint density at radius 2 is 1.92 bits per heavy atom. The molecule has 1 aliphatic rings. The first-order valence-electron chi connectivity index (χ1n) is 7.70. The summed E-state index contributed by atoms with van der Waals surface area (Å²) < 4.78 is 29.8. The second kappa shape index (κ2) is 7.67. The fourth-order valence-corrected chi connectivity index (χ4v) is 3.80. The number of aryl methyl sites for hydroxylation is 1. The number of carbonyl (C=O) groups is 1. The molecule has 0 atom stereocenters. The largest absolute Gasteiger partial charge is 0.443 e. The summed E-state index contributed by atoms with van der Waals surface area (Å²) in [6.45, 7) is 7.28. The Bertz CT molecular complexity index is 753. The van der Waals surface area contributed by atoms with Crippen molar-refractivity contribution in [3.8, 4) is 0 Å². The molecule has 1 heterocycles. The molecular formula is C16H23N3O4S2. The second-order valence-electron chi connectivity index (χ2n) is 6.58. The first-order chi connectivity index (χ1) is 11.6.